The summed E-state index contributed by atoms with van der Waals surface area (Å²) in [6.07, 6.45) is 1.79. The largest absolute Gasteiger partial charge is 0.493 e. The first-order chi connectivity index (χ1) is 9.78. The van der Waals surface area contributed by atoms with Gasteiger partial charge in [0, 0.05) is 12.7 Å². The lowest BCUT2D eigenvalue weighted by Gasteiger charge is -2.13. The maximum Gasteiger partial charge on any atom is 0.203 e. The highest BCUT2D eigenvalue weighted by Crippen LogP contribution is 2.36. The standard InChI is InChI=1S/C13H18N4O3/c1-18-11-4-3-5-12(19-2)13(11)20-7-6-17-9-10(8-14)15-16-17/h3-5,9H,6-8,14H2,1-2H3. The lowest BCUT2D eigenvalue weighted by atomic mass is 10.3. The summed E-state index contributed by atoms with van der Waals surface area (Å²) < 4.78 is 17.9. The van der Waals surface area contributed by atoms with Crippen molar-refractivity contribution in [3.8, 4) is 17.2 Å². The summed E-state index contributed by atoms with van der Waals surface area (Å²) >= 11 is 0. The number of methoxy groups -OCH3 is 2. The van der Waals surface area contributed by atoms with Gasteiger partial charge < -0.3 is 19.9 Å². The second kappa shape index (κ2) is 6.76. The minimum atomic E-state index is 0.376. The zero-order valence-corrected chi connectivity index (χ0v) is 11.6. The third-order valence-electron chi connectivity index (χ3n) is 2.74. The van der Waals surface area contributed by atoms with Crippen LogP contribution in [0.3, 0.4) is 0 Å². The molecule has 0 radical (unpaired) electrons. The van der Waals surface area contributed by atoms with E-state index in [9.17, 15) is 0 Å². The van der Waals surface area contributed by atoms with E-state index in [-0.39, 0.29) is 0 Å². The van der Waals surface area contributed by atoms with Crippen molar-refractivity contribution in [2.45, 2.75) is 13.1 Å². The van der Waals surface area contributed by atoms with Gasteiger partial charge in [0.25, 0.3) is 0 Å². The van der Waals surface area contributed by atoms with Crippen LogP contribution in [0.5, 0.6) is 17.2 Å². The molecule has 0 fully saturated rings. The van der Waals surface area contributed by atoms with Gasteiger partial charge in [-0.05, 0) is 12.1 Å². The third kappa shape index (κ3) is 3.18. The Morgan fingerprint density at radius 1 is 1.20 bits per heavy atom. The Bertz CT molecular complexity index is 534. The van der Waals surface area contributed by atoms with Crippen molar-refractivity contribution in [3.63, 3.8) is 0 Å². The van der Waals surface area contributed by atoms with E-state index in [1.807, 2.05) is 18.2 Å². The fourth-order valence-corrected chi connectivity index (χ4v) is 1.74. The van der Waals surface area contributed by atoms with Crippen molar-refractivity contribution < 1.29 is 14.2 Å². The monoisotopic (exact) mass is 278 g/mol. The molecule has 0 saturated heterocycles. The molecule has 0 bridgehead atoms. The Hall–Kier alpha value is -2.28. The van der Waals surface area contributed by atoms with E-state index in [0.29, 0.717) is 36.9 Å². The van der Waals surface area contributed by atoms with Gasteiger partial charge in [0.15, 0.2) is 11.5 Å². The highest BCUT2D eigenvalue weighted by Gasteiger charge is 2.11. The Morgan fingerprint density at radius 2 is 1.90 bits per heavy atom. The van der Waals surface area contributed by atoms with Crippen molar-refractivity contribution in [1.82, 2.24) is 15.0 Å². The highest BCUT2D eigenvalue weighted by molar-refractivity contribution is 5.51. The van der Waals surface area contributed by atoms with Gasteiger partial charge in [-0.2, -0.15) is 0 Å². The smallest absolute Gasteiger partial charge is 0.203 e. The molecule has 0 spiro atoms. The van der Waals surface area contributed by atoms with E-state index in [1.165, 1.54) is 0 Å². The van der Waals surface area contributed by atoms with Crippen molar-refractivity contribution in [2.24, 2.45) is 5.73 Å². The quantitative estimate of drug-likeness (QED) is 0.807. The molecule has 0 aliphatic heterocycles. The predicted molar refractivity (Wildman–Crippen MR) is 73.0 cm³/mol. The van der Waals surface area contributed by atoms with E-state index in [1.54, 1.807) is 25.1 Å². The van der Waals surface area contributed by atoms with Crippen LogP contribution < -0.4 is 19.9 Å². The van der Waals surface area contributed by atoms with Crippen LogP contribution in [0.25, 0.3) is 0 Å². The molecule has 2 aromatic rings. The number of nitrogens with zero attached hydrogens (tertiary/aromatic N) is 3. The number of hydrogen-bond acceptors (Lipinski definition) is 6. The number of aromatic nitrogens is 3. The first-order valence-corrected chi connectivity index (χ1v) is 6.21. The molecule has 2 N–H and O–H groups in total. The van der Waals surface area contributed by atoms with Gasteiger partial charge in [-0.25, -0.2) is 4.68 Å². The molecular formula is C13H18N4O3. The van der Waals surface area contributed by atoms with Crippen LogP contribution in [0.4, 0.5) is 0 Å². The Labute approximate surface area is 117 Å². The van der Waals surface area contributed by atoms with E-state index in [4.69, 9.17) is 19.9 Å². The summed E-state index contributed by atoms with van der Waals surface area (Å²) in [7, 11) is 3.18. The molecule has 1 aromatic carbocycles. The van der Waals surface area contributed by atoms with Crippen LogP contribution in [0.15, 0.2) is 24.4 Å². The fourth-order valence-electron chi connectivity index (χ4n) is 1.74. The molecule has 20 heavy (non-hydrogen) atoms. The first kappa shape index (κ1) is 14.1. The zero-order chi connectivity index (χ0) is 14.4. The molecule has 0 unspecified atom stereocenters. The SMILES string of the molecule is COc1cccc(OC)c1OCCn1cc(CN)nn1. The summed E-state index contributed by atoms with van der Waals surface area (Å²) in [5, 5.41) is 7.86. The maximum absolute atomic E-state index is 5.73. The molecule has 7 nitrogen and oxygen atoms in total. The predicted octanol–water partition coefficient (Wildman–Crippen LogP) is 0.833. The van der Waals surface area contributed by atoms with Crippen LogP contribution in [-0.2, 0) is 13.1 Å². The average molecular weight is 278 g/mol. The number of hydrogen-bond donors (Lipinski definition) is 1. The van der Waals surface area contributed by atoms with Gasteiger partial charge in [0.1, 0.15) is 6.61 Å². The highest BCUT2D eigenvalue weighted by atomic mass is 16.5. The van der Waals surface area contributed by atoms with Crippen LogP contribution in [0.1, 0.15) is 5.69 Å². The zero-order valence-electron chi connectivity index (χ0n) is 11.6. The Morgan fingerprint density at radius 3 is 2.45 bits per heavy atom. The summed E-state index contributed by atoms with van der Waals surface area (Å²) in [6, 6.07) is 5.48. The number of rotatable bonds is 7. The second-order valence-electron chi connectivity index (χ2n) is 4.02. The van der Waals surface area contributed by atoms with Crippen LogP contribution in [0.2, 0.25) is 0 Å². The molecule has 2 rings (SSSR count). The van der Waals surface area contributed by atoms with Gasteiger partial charge in [-0.15, -0.1) is 5.10 Å². The van der Waals surface area contributed by atoms with Gasteiger partial charge in [-0.1, -0.05) is 11.3 Å². The van der Waals surface area contributed by atoms with Crippen molar-refractivity contribution >= 4 is 0 Å². The van der Waals surface area contributed by atoms with Crippen LogP contribution in [0, 0.1) is 0 Å². The Balaban J connectivity index is 1.99. The number of para-hydroxylation sites is 1. The van der Waals surface area contributed by atoms with Gasteiger partial charge in [0.05, 0.1) is 26.5 Å². The summed E-state index contributed by atoms with van der Waals surface area (Å²) in [4.78, 5) is 0. The maximum atomic E-state index is 5.73. The molecule has 1 aromatic heterocycles. The van der Waals surface area contributed by atoms with Crippen LogP contribution in [-0.4, -0.2) is 35.8 Å². The minimum Gasteiger partial charge on any atom is -0.493 e. The molecule has 0 amide bonds. The number of benzene rings is 1. The normalized spacial score (nSPS) is 10.3. The molecule has 108 valence electrons. The molecule has 0 aliphatic carbocycles. The van der Waals surface area contributed by atoms with E-state index < -0.39 is 0 Å². The minimum absolute atomic E-state index is 0.376. The summed E-state index contributed by atoms with van der Waals surface area (Å²) in [5.41, 5.74) is 6.23. The molecule has 0 saturated carbocycles. The topological polar surface area (TPSA) is 84.4 Å². The summed E-state index contributed by atoms with van der Waals surface area (Å²) in [6.45, 7) is 1.36. The van der Waals surface area contributed by atoms with Gasteiger partial charge in [-0.3, -0.25) is 0 Å². The lowest BCUT2D eigenvalue weighted by Crippen LogP contribution is -2.10. The van der Waals surface area contributed by atoms with Gasteiger partial charge >= 0.3 is 0 Å². The van der Waals surface area contributed by atoms with Crippen LogP contribution >= 0.6 is 0 Å². The Kier molecular flexibility index (Phi) is 4.78. The molecule has 7 heteroatoms. The van der Waals surface area contributed by atoms with E-state index >= 15 is 0 Å². The second-order valence-corrected chi connectivity index (χ2v) is 4.02. The van der Waals surface area contributed by atoms with E-state index in [0.717, 1.165) is 5.69 Å². The number of ether oxygens (including phenoxy) is 3. The molecule has 0 atom stereocenters. The van der Waals surface area contributed by atoms with E-state index in [2.05, 4.69) is 10.3 Å². The van der Waals surface area contributed by atoms with Crippen molar-refractivity contribution in [1.29, 1.82) is 0 Å². The van der Waals surface area contributed by atoms with Crippen molar-refractivity contribution in [2.75, 3.05) is 20.8 Å². The number of nitrogens with two attached hydrogens (primary N) is 1. The van der Waals surface area contributed by atoms with Gasteiger partial charge in [0.2, 0.25) is 5.75 Å². The van der Waals surface area contributed by atoms with Crippen molar-refractivity contribution in [3.05, 3.63) is 30.1 Å². The fraction of sp³-hybridized carbons (Fsp3) is 0.385. The third-order valence-corrected chi connectivity index (χ3v) is 2.74. The molecule has 1 heterocycles. The average Bonchev–Trinajstić information content (AvgIpc) is 2.95. The first-order valence-electron chi connectivity index (χ1n) is 6.21. The molecular weight excluding hydrogens is 260 g/mol. The summed E-state index contributed by atoms with van der Waals surface area (Å²) in [5.74, 6) is 1.84. The lowest BCUT2D eigenvalue weighted by molar-refractivity contribution is 0.257. The molecule has 0 aliphatic rings.